The first-order valence-corrected chi connectivity index (χ1v) is 8.35. The maximum Gasteiger partial charge on any atom is 0.337 e. The van der Waals surface area contributed by atoms with Crippen molar-refractivity contribution in [3.63, 3.8) is 0 Å². The van der Waals surface area contributed by atoms with Gasteiger partial charge in [0.1, 0.15) is 0 Å². The number of benzene rings is 1. The molecule has 2 aromatic heterocycles. The number of fused-ring (bicyclic) bond motifs is 1. The molecule has 0 aliphatic rings. The lowest BCUT2D eigenvalue weighted by Crippen LogP contribution is -2.23. The van der Waals surface area contributed by atoms with Crippen LogP contribution >= 0.6 is 0 Å². The molecular formula is C21H21N3O2. The Morgan fingerprint density at radius 3 is 2.62 bits per heavy atom. The van der Waals surface area contributed by atoms with Gasteiger partial charge in [0.2, 0.25) is 0 Å². The zero-order valence-electron chi connectivity index (χ0n) is 15.6. The zero-order chi connectivity index (χ0) is 18.9. The minimum atomic E-state index is -0.370. The van der Waals surface area contributed by atoms with Crippen molar-refractivity contribution in [3.8, 4) is 11.8 Å². The number of carbonyl (C=O) groups excluding carboxylic acids is 1. The Bertz CT molecular complexity index is 1050. The highest BCUT2D eigenvalue weighted by Gasteiger charge is 2.17. The van der Waals surface area contributed by atoms with E-state index in [-0.39, 0.29) is 11.5 Å². The number of pyridine rings is 1. The molecule has 132 valence electrons. The van der Waals surface area contributed by atoms with E-state index in [4.69, 9.17) is 4.74 Å². The molecular weight excluding hydrogens is 326 g/mol. The molecule has 26 heavy (non-hydrogen) atoms. The molecule has 3 rings (SSSR count). The van der Waals surface area contributed by atoms with Gasteiger partial charge in [-0.25, -0.2) is 14.5 Å². The first-order chi connectivity index (χ1) is 12.3. The summed E-state index contributed by atoms with van der Waals surface area (Å²) < 4.78 is 6.67. The van der Waals surface area contributed by atoms with Crippen LogP contribution in [0.15, 0.2) is 36.7 Å². The number of methoxy groups -OCH3 is 1. The van der Waals surface area contributed by atoms with Gasteiger partial charge >= 0.3 is 5.97 Å². The third kappa shape index (κ3) is 3.45. The molecule has 0 radical (unpaired) electrons. The first kappa shape index (κ1) is 17.7. The van der Waals surface area contributed by atoms with Gasteiger partial charge in [0.25, 0.3) is 0 Å². The molecule has 0 aliphatic carbocycles. The maximum atomic E-state index is 11.7. The molecule has 0 N–H and O–H groups in total. The largest absolute Gasteiger partial charge is 0.465 e. The van der Waals surface area contributed by atoms with E-state index in [0.29, 0.717) is 5.56 Å². The fourth-order valence-corrected chi connectivity index (χ4v) is 2.62. The third-order valence-corrected chi connectivity index (χ3v) is 4.04. The topological polar surface area (TPSA) is 57.0 Å². The second-order valence-corrected chi connectivity index (χ2v) is 7.14. The number of aryl methyl sites for hydroxylation is 1. The third-order valence-electron chi connectivity index (χ3n) is 4.04. The lowest BCUT2D eigenvalue weighted by atomic mass is 10.0. The number of rotatable bonds is 1. The van der Waals surface area contributed by atoms with Gasteiger partial charge in [-0.2, -0.15) is 5.10 Å². The summed E-state index contributed by atoms with van der Waals surface area (Å²) in [6.45, 7) is 8.23. The number of nitrogens with zero attached hydrogens (tertiary/aromatic N) is 3. The lowest BCUT2D eigenvalue weighted by molar-refractivity contribution is 0.0600. The van der Waals surface area contributed by atoms with Gasteiger partial charge in [-0.1, -0.05) is 17.9 Å². The van der Waals surface area contributed by atoms with E-state index in [9.17, 15) is 4.79 Å². The van der Waals surface area contributed by atoms with Crippen molar-refractivity contribution in [3.05, 3.63) is 58.9 Å². The summed E-state index contributed by atoms with van der Waals surface area (Å²) in [6.07, 6.45) is 3.56. The van der Waals surface area contributed by atoms with Gasteiger partial charge in [-0.3, -0.25) is 0 Å². The summed E-state index contributed by atoms with van der Waals surface area (Å²) >= 11 is 0. The van der Waals surface area contributed by atoms with Crippen LogP contribution in [0.3, 0.4) is 0 Å². The molecule has 0 aliphatic heterocycles. The van der Waals surface area contributed by atoms with Crippen molar-refractivity contribution >= 4 is 17.0 Å². The zero-order valence-corrected chi connectivity index (χ0v) is 15.6. The highest BCUT2D eigenvalue weighted by molar-refractivity contribution is 5.90. The smallest absolute Gasteiger partial charge is 0.337 e. The first-order valence-electron chi connectivity index (χ1n) is 8.35. The Labute approximate surface area is 153 Å². The molecule has 3 aromatic rings. The van der Waals surface area contributed by atoms with Gasteiger partial charge in [0.05, 0.1) is 24.4 Å². The van der Waals surface area contributed by atoms with E-state index in [1.807, 2.05) is 29.9 Å². The van der Waals surface area contributed by atoms with Gasteiger partial charge in [0, 0.05) is 22.7 Å². The van der Waals surface area contributed by atoms with Crippen LogP contribution in [-0.2, 0) is 10.3 Å². The molecule has 0 spiro atoms. The Hall–Kier alpha value is -3.13. The summed E-state index contributed by atoms with van der Waals surface area (Å²) in [6, 6.07) is 7.33. The highest BCUT2D eigenvalue weighted by atomic mass is 16.5. The van der Waals surface area contributed by atoms with Crippen molar-refractivity contribution in [1.82, 2.24) is 14.8 Å². The molecule has 0 unspecified atom stereocenters. The molecule has 0 bridgehead atoms. The number of hydrogen-bond acceptors (Lipinski definition) is 4. The lowest BCUT2D eigenvalue weighted by Gasteiger charge is -2.19. The second-order valence-electron chi connectivity index (χ2n) is 7.14. The molecule has 2 heterocycles. The molecule has 5 heteroatoms. The van der Waals surface area contributed by atoms with Crippen molar-refractivity contribution < 1.29 is 9.53 Å². The fourth-order valence-electron chi connectivity index (χ4n) is 2.62. The van der Waals surface area contributed by atoms with Crippen LogP contribution in [0.1, 0.15) is 47.8 Å². The standard InChI is InChI=1S/C21H21N3O2/c1-14-6-8-17(20(25)26-5)11-16(14)9-7-15-10-18-13-23-24(21(2,3)4)19(18)22-12-15/h6,8,10-13H,1-5H3. The van der Waals surface area contributed by atoms with E-state index in [1.54, 1.807) is 18.3 Å². The van der Waals surface area contributed by atoms with Crippen LogP contribution in [0.4, 0.5) is 0 Å². The Morgan fingerprint density at radius 1 is 1.15 bits per heavy atom. The summed E-state index contributed by atoms with van der Waals surface area (Å²) in [5, 5.41) is 5.39. The molecule has 0 saturated carbocycles. The Kier molecular flexibility index (Phi) is 4.52. The summed E-state index contributed by atoms with van der Waals surface area (Å²) in [7, 11) is 1.37. The summed E-state index contributed by atoms with van der Waals surface area (Å²) in [4.78, 5) is 16.2. The van der Waals surface area contributed by atoms with E-state index in [1.165, 1.54) is 7.11 Å². The predicted molar refractivity (Wildman–Crippen MR) is 101 cm³/mol. The number of carbonyl (C=O) groups is 1. The van der Waals surface area contributed by atoms with Crippen LogP contribution in [0.25, 0.3) is 11.0 Å². The molecule has 0 amide bonds. The fraction of sp³-hybridized carbons (Fsp3) is 0.286. The van der Waals surface area contributed by atoms with E-state index in [0.717, 1.165) is 27.7 Å². The second kappa shape index (κ2) is 6.64. The number of hydrogen-bond donors (Lipinski definition) is 0. The predicted octanol–water partition coefficient (Wildman–Crippen LogP) is 3.68. The van der Waals surface area contributed by atoms with Crippen molar-refractivity contribution in [2.45, 2.75) is 33.2 Å². The average Bonchev–Trinajstić information content (AvgIpc) is 3.04. The van der Waals surface area contributed by atoms with Crippen LogP contribution in [0.2, 0.25) is 0 Å². The van der Waals surface area contributed by atoms with Crippen LogP contribution in [-0.4, -0.2) is 27.8 Å². The molecule has 0 atom stereocenters. The Morgan fingerprint density at radius 2 is 1.92 bits per heavy atom. The summed E-state index contributed by atoms with van der Waals surface area (Å²) in [5.74, 6) is 5.88. The Balaban J connectivity index is 1.97. The minimum absolute atomic E-state index is 0.132. The number of aromatic nitrogens is 3. The van der Waals surface area contributed by atoms with Gasteiger partial charge < -0.3 is 4.74 Å². The number of esters is 1. The average molecular weight is 347 g/mol. The number of ether oxygens (including phenoxy) is 1. The minimum Gasteiger partial charge on any atom is -0.465 e. The molecule has 5 nitrogen and oxygen atoms in total. The van der Waals surface area contributed by atoms with Gasteiger partial charge in [0.15, 0.2) is 5.65 Å². The molecule has 0 saturated heterocycles. The normalized spacial score (nSPS) is 11.1. The van der Waals surface area contributed by atoms with Crippen molar-refractivity contribution in [1.29, 1.82) is 0 Å². The van der Waals surface area contributed by atoms with Crippen LogP contribution in [0.5, 0.6) is 0 Å². The maximum absolute atomic E-state index is 11.7. The quantitative estimate of drug-likeness (QED) is 0.498. The SMILES string of the molecule is COC(=O)c1ccc(C)c(C#Cc2cnc3c(cnn3C(C)(C)C)c2)c1. The molecule has 1 aromatic carbocycles. The van der Waals surface area contributed by atoms with E-state index >= 15 is 0 Å². The van der Waals surface area contributed by atoms with E-state index in [2.05, 4.69) is 42.7 Å². The van der Waals surface area contributed by atoms with E-state index < -0.39 is 0 Å². The monoisotopic (exact) mass is 347 g/mol. The van der Waals surface area contributed by atoms with Crippen molar-refractivity contribution in [2.75, 3.05) is 7.11 Å². The van der Waals surface area contributed by atoms with Gasteiger partial charge in [-0.05, 0) is 51.5 Å². The van der Waals surface area contributed by atoms with Crippen LogP contribution in [0, 0.1) is 18.8 Å². The summed E-state index contributed by atoms with van der Waals surface area (Å²) in [5.41, 5.74) is 3.79. The van der Waals surface area contributed by atoms with Crippen LogP contribution < -0.4 is 0 Å². The molecule has 0 fully saturated rings. The highest BCUT2D eigenvalue weighted by Crippen LogP contribution is 2.20. The van der Waals surface area contributed by atoms with Gasteiger partial charge in [-0.15, -0.1) is 0 Å². The van der Waals surface area contributed by atoms with Crippen molar-refractivity contribution in [2.24, 2.45) is 0 Å².